The highest BCUT2D eigenvalue weighted by Gasteiger charge is 2.33. The molecule has 0 spiro atoms. The fourth-order valence-electron chi connectivity index (χ4n) is 2.53. The Balaban J connectivity index is 2.00. The third kappa shape index (κ3) is 5.53. The number of carbonyl (C=O) groups is 1. The molecule has 1 fully saturated rings. The Morgan fingerprint density at radius 2 is 1.88 bits per heavy atom. The molecule has 0 aromatic rings. The molecule has 1 aliphatic carbocycles. The Hall–Kier alpha value is -0.570. The molecule has 3 heteroatoms. The van der Waals surface area contributed by atoms with Gasteiger partial charge in [-0.1, -0.05) is 39.0 Å². The predicted octanol–water partition coefficient (Wildman–Crippen LogP) is 3.62. The molecule has 0 bridgehead atoms. The van der Waals surface area contributed by atoms with E-state index in [9.17, 15) is 4.79 Å². The van der Waals surface area contributed by atoms with E-state index in [0.717, 1.165) is 32.3 Å². The summed E-state index contributed by atoms with van der Waals surface area (Å²) in [5.74, 6) is -0.939. The minimum Gasteiger partial charge on any atom is -0.481 e. The Morgan fingerprint density at radius 3 is 2.59 bits per heavy atom. The number of carboxylic acids is 1. The molecule has 0 radical (unpaired) electrons. The van der Waals surface area contributed by atoms with Gasteiger partial charge in [-0.15, -0.1) is 0 Å². The van der Waals surface area contributed by atoms with E-state index in [1.54, 1.807) is 0 Å². The van der Waals surface area contributed by atoms with Gasteiger partial charge in [-0.3, -0.25) is 4.79 Å². The fraction of sp³-hybridized carbons (Fsp3) is 0.929. The zero-order valence-corrected chi connectivity index (χ0v) is 11.0. The number of unbranched alkanes of at least 4 members (excludes halogenated alkanes) is 5. The summed E-state index contributed by atoms with van der Waals surface area (Å²) in [6.07, 6.45) is 10.2. The molecule has 1 saturated carbocycles. The first kappa shape index (κ1) is 14.5. The number of ether oxygens (including phenoxy) is 1. The molecule has 1 rings (SSSR count). The van der Waals surface area contributed by atoms with Crippen LogP contribution in [0.15, 0.2) is 0 Å². The van der Waals surface area contributed by atoms with E-state index in [2.05, 4.69) is 6.92 Å². The minimum atomic E-state index is -0.685. The molecular formula is C14H26O3. The van der Waals surface area contributed by atoms with Gasteiger partial charge in [0, 0.05) is 6.61 Å². The van der Waals surface area contributed by atoms with Gasteiger partial charge in [0.2, 0.25) is 0 Å². The quantitative estimate of drug-likeness (QED) is 0.628. The fourth-order valence-corrected chi connectivity index (χ4v) is 2.53. The lowest BCUT2D eigenvalue weighted by molar-refractivity contribution is -0.146. The second-order valence-electron chi connectivity index (χ2n) is 5.05. The van der Waals surface area contributed by atoms with Crippen LogP contribution >= 0.6 is 0 Å². The van der Waals surface area contributed by atoms with E-state index in [0.29, 0.717) is 0 Å². The first-order valence-electron chi connectivity index (χ1n) is 7.10. The topological polar surface area (TPSA) is 46.5 Å². The summed E-state index contributed by atoms with van der Waals surface area (Å²) in [6.45, 7) is 2.95. The third-order valence-corrected chi connectivity index (χ3v) is 3.60. The van der Waals surface area contributed by atoms with Gasteiger partial charge in [-0.2, -0.15) is 0 Å². The molecule has 0 amide bonds. The molecule has 0 heterocycles. The molecular weight excluding hydrogens is 216 g/mol. The molecule has 0 aromatic carbocycles. The standard InChI is InChI=1S/C14H26O3/c1-2-3-4-5-6-7-11-17-13-10-8-9-12(13)14(15)16/h12-13H,2-11H2,1H3,(H,15,16). The highest BCUT2D eigenvalue weighted by molar-refractivity contribution is 5.71. The van der Waals surface area contributed by atoms with E-state index < -0.39 is 5.97 Å². The van der Waals surface area contributed by atoms with Crippen molar-refractivity contribution in [2.75, 3.05) is 6.61 Å². The lowest BCUT2D eigenvalue weighted by Crippen LogP contribution is -2.25. The smallest absolute Gasteiger partial charge is 0.309 e. The van der Waals surface area contributed by atoms with Crippen LogP contribution in [0, 0.1) is 5.92 Å². The predicted molar refractivity (Wildman–Crippen MR) is 68.1 cm³/mol. The molecule has 100 valence electrons. The average molecular weight is 242 g/mol. The summed E-state index contributed by atoms with van der Waals surface area (Å²) in [7, 11) is 0. The number of hydrogen-bond donors (Lipinski definition) is 1. The largest absolute Gasteiger partial charge is 0.481 e. The van der Waals surface area contributed by atoms with Crippen molar-refractivity contribution in [1.29, 1.82) is 0 Å². The van der Waals surface area contributed by atoms with Gasteiger partial charge in [-0.05, 0) is 25.7 Å². The van der Waals surface area contributed by atoms with Crippen molar-refractivity contribution in [2.24, 2.45) is 5.92 Å². The van der Waals surface area contributed by atoms with Crippen molar-refractivity contribution in [3.8, 4) is 0 Å². The maximum atomic E-state index is 10.9. The Morgan fingerprint density at radius 1 is 1.18 bits per heavy atom. The van der Waals surface area contributed by atoms with Crippen LogP contribution < -0.4 is 0 Å². The first-order valence-corrected chi connectivity index (χ1v) is 7.10. The number of carboxylic acid groups (broad SMARTS) is 1. The minimum absolute atomic E-state index is 0.0249. The zero-order valence-electron chi connectivity index (χ0n) is 11.0. The van der Waals surface area contributed by atoms with Crippen molar-refractivity contribution < 1.29 is 14.6 Å². The highest BCUT2D eigenvalue weighted by Crippen LogP contribution is 2.28. The summed E-state index contributed by atoms with van der Waals surface area (Å²) in [4.78, 5) is 10.9. The Kier molecular flexibility index (Phi) is 7.25. The Bertz CT molecular complexity index is 216. The molecule has 3 nitrogen and oxygen atoms in total. The molecule has 0 aliphatic heterocycles. The van der Waals surface area contributed by atoms with Crippen molar-refractivity contribution >= 4 is 5.97 Å². The maximum Gasteiger partial charge on any atom is 0.309 e. The van der Waals surface area contributed by atoms with Crippen molar-refractivity contribution in [3.63, 3.8) is 0 Å². The van der Waals surface area contributed by atoms with Crippen LogP contribution in [0.2, 0.25) is 0 Å². The molecule has 2 atom stereocenters. The van der Waals surface area contributed by atoms with Gasteiger partial charge in [0.05, 0.1) is 12.0 Å². The number of hydrogen-bond acceptors (Lipinski definition) is 2. The van der Waals surface area contributed by atoms with Gasteiger partial charge < -0.3 is 9.84 Å². The summed E-state index contributed by atoms with van der Waals surface area (Å²) in [6, 6.07) is 0. The summed E-state index contributed by atoms with van der Waals surface area (Å²) >= 11 is 0. The summed E-state index contributed by atoms with van der Waals surface area (Å²) in [5, 5.41) is 9.00. The van der Waals surface area contributed by atoms with Crippen LogP contribution in [0.3, 0.4) is 0 Å². The van der Waals surface area contributed by atoms with Crippen molar-refractivity contribution in [1.82, 2.24) is 0 Å². The summed E-state index contributed by atoms with van der Waals surface area (Å²) in [5.41, 5.74) is 0. The van der Waals surface area contributed by atoms with Crippen LogP contribution in [-0.4, -0.2) is 23.8 Å². The maximum absolute atomic E-state index is 10.9. The van der Waals surface area contributed by atoms with Crippen molar-refractivity contribution in [2.45, 2.75) is 70.8 Å². The second-order valence-corrected chi connectivity index (χ2v) is 5.05. The van der Waals surface area contributed by atoms with Gasteiger partial charge in [0.25, 0.3) is 0 Å². The monoisotopic (exact) mass is 242 g/mol. The number of aliphatic carboxylic acids is 1. The van der Waals surface area contributed by atoms with E-state index in [1.807, 2.05) is 0 Å². The zero-order chi connectivity index (χ0) is 12.5. The van der Waals surface area contributed by atoms with Gasteiger partial charge in [0.1, 0.15) is 0 Å². The first-order chi connectivity index (χ1) is 8.25. The lowest BCUT2D eigenvalue weighted by Gasteiger charge is -2.16. The van der Waals surface area contributed by atoms with E-state index in [1.165, 1.54) is 32.1 Å². The van der Waals surface area contributed by atoms with Gasteiger partial charge in [-0.25, -0.2) is 0 Å². The van der Waals surface area contributed by atoms with Crippen LogP contribution in [0.25, 0.3) is 0 Å². The van der Waals surface area contributed by atoms with Crippen LogP contribution in [0.5, 0.6) is 0 Å². The molecule has 0 aromatic heterocycles. The van der Waals surface area contributed by atoms with Gasteiger partial charge in [0.15, 0.2) is 0 Å². The molecule has 17 heavy (non-hydrogen) atoms. The molecule has 1 N–H and O–H groups in total. The van der Waals surface area contributed by atoms with Crippen LogP contribution in [0.4, 0.5) is 0 Å². The van der Waals surface area contributed by atoms with E-state index in [-0.39, 0.29) is 12.0 Å². The van der Waals surface area contributed by atoms with Crippen LogP contribution in [0.1, 0.15) is 64.7 Å². The molecule has 1 aliphatic rings. The summed E-state index contributed by atoms with van der Waals surface area (Å²) < 4.78 is 5.70. The van der Waals surface area contributed by atoms with E-state index >= 15 is 0 Å². The lowest BCUT2D eigenvalue weighted by atomic mass is 10.1. The molecule has 0 saturated heterocycles. The van der Waals surface area contributed by atoms with Crippen LogP contribution in [-0.2, 0) is 9.53 Å². The second kappa shape index (κ2) is 8.51. The number of rotatable bonds is 9. The Labute approximate surface area is 105 Å². The van der Waals surface area contributed by atoms with Crippen molar-refractivity contribution in [3.05, 3.63) is 0 Å². The normalized spacial score (nSPS) is 24.1. The highest BCUT2D eigenvalue weighted by atomic mass is 16.5. The average Bonchev–Trinajstić information content (AvgIpc) is 2.76. The van der Waals surface area contributed by atoms with E-state index in [4.69, 9.17) is 9.84 Å². The SMILES string of the molecule is CCCCCCCCOC1CCCC1C(=O)O. The van der Waals surface area contributed by atoms with Gasteiger partial charge >= 0.3 is 5.97 Å². The molecule has 2 unspecified atom stereocenters. The third-order valence-electron chi connectivity index (χ3n) is 3.60.